The quantitative estimate of drug-likeness (QED) is 0.242. The van der Waals surface area contributed by atoms with E-state index in [4.69, 9.17) is 14.2 Å². The topological polar surface area (TPSA) is 138 Å². The van der Waals surface area contributed by atoms with Gasteiger partial charge in [0, 0.05) is 23.2 Å². The Kier molecular flexibility index (Phi) is 7.43. The Morgan fingerprint density at radius 3 is 2.19 bits per heavy atom. The van der Waals surface area contributed by atoms with Gasteiger partial charge in [-0.1, -0.05) is 18.2 Å². The van der Waals surface area contributed by atoms with Crippen LogP contribution in [0.3, 0.4) is 0 Å². The van der Waals surface area contributed by atoms with Crippen LogP contribution in [0.1, 0.15) is 11.4 Å². The maximum atomic E-state index is 12.7. The number of benzene rings is 3. The summed E-state index contributed by atoms with van der Waals surface area (Å²) in [6.07, 6.45) is 3.49. The van der Waals surface area contributed by atoms with Crippen LogP contribution in [0, 0.1) is 10.1 Å². The van der Waals surface area contributed by atoms with Crippen molar-refractivity contribution in [1.82, 2.24) is 9.97 Å². The van der Waals surface area contributed by atoms with Gasteiger partial charge in [-0.05, 0) is 48.0 Å². The van der Waals surface area contributed by atoms with Crippen molar-refractivity contribution < 1.29 is 23.9 Å². The number of hydrogen-bond acceptors (Lipinski definition) is 8. The number of carbonyl (C=O) groups excluding carboxylic acids is 1. The number of nitrogens with zero attached hydrogens (tertiary/aromatic N) is 3. The zero-order chi connectivity index (χ0) is 26.4. The van der Waals surface area contributed by atoms with Crippen LogP contribution in [0.15, 0.2) is 60.7 Å². The number of urea groups is 1. The highest BCUT2D eigenvalue weighted by atomic mass is 16.6. The van der Waals surface area contributed by atoms with Crippen molar-refractivity contribution in [1.29, 1.82) is 0 Å². The summed E-state index contributed by atoms with van der Waals surface area (Å²) >= 11 is 0. The Bertz CT molecular complexity index is 1460. The molecule has 0 bridgehead atoms. The molecule has 0 unspecified atom stereocenters. The Hall–Kier alpha value is -5.19. The standard InChI is InChI=1S/C26H23N5O6/c1-35-21-14-16(15-22(36-2)24(21)37-3)8-13-23-28-20-7-5-4-6-19(20)25(29-23)30-26(32)27-17-9-11-18(12-10-17)31(33)34/h4-15H,1-3H3,(H2,27,28,29,30,32)/b13-8+. The summed E-state index contributed by atoms with van der Waals surface area (Å²) < 4.78 is 16.2. The first kappa shape index (κ1) is 24.9. The number of ether oxygens (including phenoxy) is 3. The Balaban J connectivity index is 1.61. The van der Waals surface area contributed by atoms with Crippen LogP contribution < -0.4 is 24.8 Å². The van der Waals surface area contributed by atoms with E-state index in [1.807, 2.05) is 18.2 Å². The fourth-order valence-corrected chi connectivity index (χ4v) is 3.57. The maximum Gasteiger partial charge on any atom is 0.324 e. The van der Waals surface area contributed by atoms with E-state index in [9.17, 15) is 14.9 Å². The second kappa shape index (κ2) is 11.0. The Morgan fingerprint density at radius 1 is 0.892 bits per heavy atom. The van der Waals surface area contributed by atoms with Crippen LogP contribution in [-0.4, -0.2) is 42.3 Å². The second-order valence-corrected chi connectivity index (χ2v) is 7.62. The van der Waals surface area contributed by atoms with E-state index >= 15 is 0 Å². The molecule has 3 aromatic carbocycles. The highest BCUT2D eigenvalue weighted by Gasteiger charge is 2.13. The van der Waals surface area contributed by atoms with Crippen LogP contribution >= 0.6 is 0 Å². The number of rotatable bonds is 8. The molecule has 4 aromatic rings. The van der Waals surface area contributed by atoms with Crippen LogP contribution in [0.5, 0.6) is 17.2 Å². The summed E-state index contributed by atoms with van der Waals surface area (Å²) in [6, 6.07) is 15.8. The molecule has 2 N–H and O–H groups in total. The smallest absolute Gasteiger partial charge is 0.324 e. The molecule has 0 radical (unpaired) electrons. The lowest BCUT2D eigenvalue weighted by atomic mass is 10.1. The second-order valence-electron chi connectivity index (χ2n) is 7.62. The average Bonchev–Trinajstić information content (AvgIpc) is 2.91. The minimum absolute atomic E-state index is 0.0729. The molecule has 0 spiro atoms. The van der Waals surface area contributed by atoms with Crippen LogP contribution in [0.25, 0.3) is 23.1 Å². The summed E-state index contributed by atoms with van der Waals surface area (Å²) in [6.45, 7) is 0. The summed E-state index contributed by atoms with van der Waals surface area (Å²) in [5.74, 6) is 2.15. The van der Waals surface area contributed by atoms with Crippen molar-refractivity contribution >= 4 is 46.3 Å². The molecule has 0 saturated heterocycles. The van der Waals surface area contributed by atoms with Crippen molar-refractivity contribution in [3.8, 4) is 17.2 Å². The summed E-state index contributed by atoms with van der Waals surface area (Å²) in [5.41, 5.74) is 1.71. The van der Waals surface area contributed by atoms with Crippen LogP contribution in [0.2, 0.25) is 0 Å². The third-order valence-electron chi connectivity index (χ3n) is 5.30. The molecular formula is C26H23N5O6. The van der Waals surface area contributed by atoms with E-state index in [2.05, 4.69) is 20.6 Å². The lowest BCUT2D eigenvalue weighted by molar-refractivity contribution is -0.384. The number of nitro benzene ring substituents is 1. The molecule has 0 atom stereocenters. The van der Waals surface area contributed by atoms with Gasteiger partial charge in [0.2, 0.25) is 5.75 Å². The number of para-hydroxylation sites is 1. The van der Waals surface area contributed by atoms with Crippen molar-refractivity contribution in [2.45, 2.75) is 0 Å². The Morgan fingerprint density at radius 2 is 1.57 bits per heavy atom. The minimum atomic E-state index is -0.558. The summed E-state index contributed by atoms with van der Waals surface area (Å²) in [4.78, 5) is 32.1. The maximum absolute atomic E-state index is 12.7. The van der Waals surface area contributed by atoms with E-state index in [0.717, 1.165) is 5.56 Å². The molecule has 4 rings (SSSR count). The molecule has 0 aliphatic heterocycles. The van der Waals surface area contributed by atoms with Gasteiger partial charge in [-0.2, -0.15) is 0 Å². The molecule has 0 fully saturated rings. The van der Waals surface area contributed by atoms with E-state index in [1.165, 1.54) is 45.6 Å². The Labute approximate surface area is 211 Å². The minimum Gasteiger partial charge on any atom is -0.493 e. The van der Waals surface area contributed by atoms with Gasteiger partial charge in [0.05, 0.1) is 31.8 Å². The number of anilines is 2. The third-order valence-corrected chi connectivity index (χ3v) is 5.30. The van der Waals surface area contributed by atoms with Crippen molar-refractivity contribution in [2.75, 3.05) is 32.0 Å². The highest BCUT2D eigenvalue weighted by molar-refractivity contribution is 6.04. The van der Waals surface area contributed by atoms with E-state index < -0.39 is 11.0 Å². The van der Waals surface area contributed by atoms with Gasteiger partial charge in [-0.3, -0.25) is 15.4 Å². The summed E-state index contributed by atoms with van der Waals surface area (Å²) in [5, 5.41) is 16.9. The number of non-ortho nitro benzene ring substituents is 1. The van der Waals surface area contributed by atoms with Gasteiger partial charge < -0.3 is 19.5 Å². The summed E-state index contributed by atoms with van der Waals surface area (Å²) in [7, 11) is 4.61. The molecule has 188 valence electrons. The van der Waals surface area contributed by atoms with E-state index in [0.29, 0.717) is 45.5 Å². The molecular weight excluding hydrogens is 478 g/mol. The molecule has 1 heterocycles. The van der Waals surface area contributed by atoms with Crippen LogP contribution in [0.4, 0.5) is 22.0 Å². The van der Waals surface area contributed by atoms with Crippen LogP contribution in [-0.2, 0) is 0 Å². The molecule has 37 heavy (non-hydrogen) atoms. The lowest BCUT2D eigenvalue weighted by Crippen LogP contribution is -2.20. The lowest BCUT2D eigenvalue weighted by Gasteiger charge is -2.13. The van der Waals surface area contributed by atoms with Gasteiger partial charge in [0.25, 0.3) is 5.69 Å². The molecule has 11 nitrogen and oxygen atoms in total. The molecule has 11 heteroatoms. The number of carbonyl (C=O) groups is 1. The number of amides is 2. The molecule has 2 amide bonds. The molecule has 0 aliphatic carbocycles. The predicted octanol–water partition coefficient (Wildman–Crippen LogP) is 5.38. The molecule has 0 saturated carbocycles. The fourth-order valence-electron chi connectivity index (χ4n) is 3.57. The van der Waals surface area contributed by atoms with Gasteiger partial charge in [0.1, 0.15) is 5.82 Å². The van der Waals surface area contributed by atoms with Gasteiger partial charge in [-0.15, -0.1) is 0 Å². The van der Waals surface area contributed by atoms with Crippen molar-refractivity contribution in [3.63, 3.8) is 0 Å². The normalized spacial score (nSPS) is 10.8. The number of nitro groups is 1. The van der Waals surface area contributed by atoms with E-state index in [1.54, 1.807) is 30.4 Å². The number of fused-ring (bicyclic) bond motifs is 1. The third kappa shape index (κ3) is 5.73. The van der Waals surface area contributed by atoms with Gasteiger partial charge in [0.15, 0.2) is 17.3 Å². The largest absolute Gasteiger partial charge is 0.493 e. The zero-order valence-corrected chi connectivity index (χ0v) is 20.2. The fraction of sp³-hybridized carbons (Fsp3) is 0.115. The first-order valence-electron chi connectivity index (χ1n) is 11.0. The monoisotopic (exact) mass is 501 g/mol. The highest BCUT2D eigenvalue weighted by Crippen LogP contribution is 2.38. The SMILES string of the molecule is COc1cc(/C=C/c2nc(NC(=O)Nc3ccc([N+](=O)[O-])cc3)c3ccccc3n2)cc(OC)c1OC. The average molecular weight is 501 g/mol. The van der Waals surface area contributed by atoms with Crippen molar-refractivity contribution in [3.05, 3.63) is 82.2 Å². The molecule has 1 aromatic heterocycles. The number of hydrogen-bond donors (Lipinski definition) is 2. The van der Waals surface area contributed by atoms with Gasteiger partial charge >= 0.3 is 6.03 Å². The number of methoxy groups -OCH3 is 3. The first-order valence-corrected chi connectivity index (χ1v) is 11.0. The molecule has 0 aliphatic rings. The zero-order valence-electron chi connectivity index (χ0n) is 20.2. The number of aromatic nitrogens is 2. The van der Waals surface area contributed by atoms with Gasteiger partial charge in [-0.25, -0.2) is 14.8 Å². The van der Waals surface area contributed by atoms with E-state index in [-0.39, 0.29) is 5.69 Å². The van der Waals surface area contributed by atoms with Crippen molar-refractivity contribution in [2.24, 2.45) is 0 Å². The first-order chi connectivity index (χ1) is 17.9. The number of nitrogens with one attached hydrogen (secondary N) is 2. The predicted molar refractivity (Wildman–Crippen MR) is 140 cm³/mol.